The molecule has 0 spiro atoms. The summed E-state index contributed by atoms with van der Waals surface area (Å²) in [5, 5.41) is 77.7. The number of phenols is 2. The standard InChI is InChI=1S/C48H60Cl2N8O18/c49-35-21-31(45(69)52-24-29-2-1-3-32(59)18-29)22-36(50)43(35)46(70)54-37(47(71)72)25-53-44(68)30-19-33(60)23-34(20-30)76-17-16-75-15-6-51-39(61)5-4-38(48(73)74)58-13-11-56(27-41(64)65)9-7-55(26-40(62)63)8-10-57(12-14-58)28-42(66)67/h1-3,18-23,37-38,59-60H,4-17,24-28H2,(H,51,61)(H,52,69)(H,53,68)(H,54,70)(H,62,63)(H,64,65)(H,66,67)(H,71,72)(H,73,74)/t37-,38?/m0/s1. The first-order chi connectivity index (χ1) is 36.1. The topological polar surface area (TPSA) is 375 Å². The number of carboxylic acids is 5. The third-order valence-electron chi connectivity index (χ3n) is 11.5. The highest BCUT2D eigenvalue weighted by molar-refractivity contribution is 6.40. The highest BCUT2D eigenvalue weighted by Gasteiger charge is 2.30. The zero-order valence-corrected chi connectivity index (χ0v) is 42.5. The molecule has 0 radical (unpaired) electrons. The first-order valence-electron chi connectivity index (χ1n) is 23.6. The fraction of sp³-hybridized carbons (Fsp3) is 0.438. The number of nitrogens with one attached hydrogen (secondary N) is 4. The third kappa shape index (κ3) is 21.5. The van der Waals surface area contributed by atoms with Crippen LogP contribution in [0.2, 0.25) is 10.0 Å². The van der Waals surface area contributed by atoms with Crippen LogP contribution >= 0.6 is 23.2 Å². The van der Waals surface area contributed by atoms with Gasteiger partial charge in [-0.1, -0.05) is 35.3 Å². The molecule has 1 unspecified atom stereocenters. The van der Waals surface area contributed by atoms with E-state index in [1.165, 1.54) is 24.3 Å². The van der Waals surface area contributed by atoms with Crippen molar-refractivity contribution < 1.29 is 88.4 Å². The Morgan fingerprint density at radius 3 is 1.68 bits per heavy atom. The van der Waals surface area contributed by atoms with Gasteiger partial charge in [0.05, 0.1) is 48.5 Å². The summed E-state index contributed by atoms with van der Waals surface area (Å²) in [7, 11) is 0. The third-order valence-corrected chi connectivity index (χ3v) is 12.1. The van der Waals surface area contributed by atoms with E-state index in [4.69, 9.17) is 32.7 Å². The Bertz CT molecular complexity index is 2500. The molecule has 1 aliphatic rings. The molecule has 2 atom stereocenters. The largest absolute Gasteiger partial charge is 0.508 e. The SMILES string of the molecule is O=C(O)CN1CCN(CC(=O)O)CCN(C(CCC(=O)NCCOCCOc2cc(O)cc(C(=O)NC[C@H](NC(=O)c3c(Cl)cc(C(=O)NCc4cccc(O)c4)cc3Cl)C(=O)O)c2)C(=O)O)CCN(CC(=O)O)CC1. The molecule has 0 aliphatic carbocycles. The fourth-order valence-electron chi connectivity index (χ4n) is 7.71. The minimum absolute atomic E-state index is 0.00463. The lowest BCUT2D eigenvalue weighted by Crippen LogP contribution is -2.52. The van der Waals surface area contributed by atoms with Crippen LogP contribution in [0.25, 0.3) is 0 Å². The van der Waals surface area contributed by atoms with Crippen molar-refractivity contribution in [3.8, 4) is 17.2 Å². The van der Waals surface area contributed by atoms with E-state index in [1.54, 1.807) is 31.7 Å². The van der Waals surface area contributed by atoms with Crippen LogP contribution in [0.3, 0.4) is 0 Å². The molecule has 0 aromatic heterocycles. The van der Waals surface area contributed by atoms with Gasteiger partial charge in [-0.3, -0.25) is 58.0 Å². The summed E-state index contributed by atoms with van der Waals surface area (Å²) in [5.74, 6) is -9.48. The van der Waals surface area contributed by atoms with Gasteiger partial charge < -0.3 is 66.5 Å². The van der Waals surface area contributed by atoms with Gasteiger partial charge in [-0.05, 0) is 48.4 Å². The molecule has 4 rings (SSSR count). The van der Waals surface area contributed by atoms with Crippen LogP contribution in [0.15, 0.2) is 54.6 Å². The summed E-state index contributed by atoms with van der Waals surface area (Å²) in [5.41, 5.74) is 0.114. The number of ether oxygens (including phenoxy) is 2. The van der Waals surface area contributed by atoms with Crippen molar-refractivity contribution in [3.05, 3.63) is 86.9 Å². The van der Waals surface area contributed by atoms with E-state index in [-0.39, 0.29) is 149 Å². The Labute approximate surface area is 445 Å². The summed E-state index contributed by atoms with van der Waals surface area (Å²) < 4.78 is 11.1. The minimum atomic E-state index is -1.70. The number of carbonyl (C=O) groups excluding carboxylic acids is 4. The van der Waals surface area contributed by atoms with E-state index < -0.39 is 85.2 Å². The number of phenolic OH excluding ortho intramolecular Hbond substituents is 2. The number of carbonyl (C=O) groups is 9. The summed E-state index contributed by atoms with van der Waals surface area (Å²) in [6.07, 6.45) is -0.362. The van der Waals surface area contributed by atoms with Crippen molar-refractivity contribution in [1.82, 2.24) is 40.9 Å². The maximum Gasteiger partial charge on any atom is 0.328 e. The van der Waals surface area contributed by atoms with E-state index in [0.29, 0.717) is 5.56 Å². The highest BCUT2D eigenvalue weighted by Crippen LogP contribution is 2.27. The maximum atomic E-state index is 13.2. The molecule has 4 amide bonds. The molecule has 76 heavy (non-hydrogen) atoms. The van der Waals surface area contributed by atoms with Gasteiger partial charge in [0, 0.05) is 95.6 Å². The zero-order valence-electron chi connectivity index (χ0n) is 41.0. The van der Waals surface area contributed by atoms with Crippen molar-refractivity contribution in [2.75, 3.05) is 105 Å². The Hall–Kier alpha value is -7.33. The second-order valence-corrected chi connectivity index (χ2v) is 18.0. The number of nitrogens with zero attached hydrogens (tertiary/aromatic N) is 4. The van der Waals surface area contributed by atoms with E-state index in [2.05, 4.69) is 21.3 Å². The average molecular weight is 1110 g/mol. The first-order valence-corrected chi connectivity index (χ1v) is 24.3. The molecular formula is C48H60Cl2N8O18. The van der Waals surface area contributed by atoms with Gasteiger partial charge in [-0.2, -0.15) is 0 Å². The van der Waals surface area contributed by atoms with E-state index in [1.807, 2.05) is 0 Å². The van der Waals surface area contributed by atoms with Crippen LogP contribution in [0.5, 0.6) is 17.2 Å². The molecule has 0 bridgehead atoms. The Kier molecular flexibility index (Phi) is 24.9. The molecule has 414 valence electrons. The number of aromatic hydroxyl groups is 2. The summed E-state index contributed by atoms with van der Waals surface area (Å²) in [6, 6.07) is 9.15. The van der Waals surface area contributed by atoms with Crippen LogP contribution in [-0.2, 0) is 40.0 Å². The molecule has 1 fully saturated rings. The highest BCUT2D eigenvalue weighted by atomic mass is 35.5. The van der Waals surface area contributed by atoms with Crippen LogP contribution in [0.4, 0.5) is 0 Å². The molecular weight excluding hydrogens is 1050 g/mol. The van der Waals surface area contributed by atoms with Gasteiger partial charge in [0.15, 0.2) is 0 Å². The van der Waals surface area contributed by atoms with Gasteiger partial charge in [0.1, 0.15) is 35.9 Å². The summed E-state index contributed by atoms with van der Waals surface area (Å²) >= 11 is 12.6. The Balaban J connectivity index is 1.22. The zero-order chi connectivity index (χ0) is 55.9. The number of amides is 4. The van der Waals surface area contributed by atoms with Crippen molar-refractivity contribution in [3.63, 3.8) is 0 Å². The maximum absolute atomic E-state index is 13.2. The number of benzene rings is 3. The van der Waals surface area contributed by atoms with E-state index in [0.717, 1.165) is 18.2 Å². The first kappa shape index (κ1) is 61.2. The number of carboxylic acid groups (broad SMARTS) is 5. The summed E-state index contributed by atoms with van der Waals surface area (Å²) in [6.45, 7) is -0.909. The lowest BCUT2D eigenvalue weighted by molar-refractivity contribution is -0.145. The number of rotatable bonds is 27. The molecule has 28 heteroatoms. The van der Waals surface area contributed by atoms with Gasteiger partial charge in [-0.15, -0.1) is 0 Å². The van der Waals surface area contributed by atoms with Gasteiger partial charge in [0.2, 0.25) is 5.91 Å². The lowest BCUT2D eigenvalue weighted by Gasteiger charge is -2.35. The van der Waals surface area contributed by atoms with Crippen LogP contribution in [-0.4, -0.2) is 226 Å². The predicted molar refractivity (Wildman–Crippen MR) is 269 cm³/mol. The molecule has 1 aliphatic heterocycles. The number of hydrogen-bond donors (Lipinski definition) is 11. The van der Waals surface area contributed by atoms with E-state index in [9.17, 15) is 78.9 Å². The molecule has 0 saturated carbocycles. The van der Waals surface area contributed by atoms with Crippen molar-refractivity contribution in [2.45, 2.75) is 31.5 Å². The quantitative estimate of drug-likeness (QED) is 0.0453. The molecule has 1 saturated heterocycles. The molecule has 11 N–H and O–H groups in total. The van der Waals surface area contributed by atoms with Crippen molar-refractivity contribution in [2.24, 2.45) is 0 Å². The van der Waals surface area contributed by atoms with Crippen molar-refractivity contribution in [1.29, 1.82) is 0 Å². The number of halogens is 2. The van der Waals surface area contributed by atoms with Crippen LogP contribution in [0, 0.1) is 0 Å². The van der Waals surface area contributed by atoms with Gasteiger partial charge in [0.25, 0.3) is 17.7 Å². The molecule has 3 aromatic rings. The normalized spacial score (nSPS) is 14.9. The van der Waals surface area contributed by atoms with E-state index >= 15 is 0 Å². The molecule has 3 aromatic carbocycles. The van der Waals surface area contributed by atoms with Crippen LogP contribution < -0.4 is 26.0 Å². The second-order valence-electron chi connectivity index (χ2n) is 17.2. The predicted octanol–water partition coefficient (Wildman–Crippen LogP) is 0.168. The molecule has 26 nitrogen and oxygen atoms in total. The molecule has 1 heterocycles. The number of hydrogen-bond acceptors (Lipinski definition) is 17. The monoisotopic (exact) mass is 1110 g/mol. The minimum Gasteiger partial charge on any atom is -0.508 e. The second kappa shape index (κ2) is 30.9. The average Bonchev–Trinajstić information content (AvgIpc) is 3.33. The summed E-state index contributed by atoms with van der Waals surface area (Å²) in [4.78, 5) is 117. The lowest BCUT2D eigenvalue weighted by atomic mass is 10.1. The van der Waals surface area contributed by atoms with Crippen molar-refractivity contribution >= 4 is 76.7 Å². The van der Waals surface area contributed by atoms with Crippen LogP contribution in [0.1, 0.15) is 49.5 Å². The smallest absolute Gasteiger partial charge is 0.328 e. The Morgan fingerprint density at radius 2 is 1.14 bits per heavy atom. The fourth-order valence-corrected chi connectivity index (χ4v) is 8.37. The Morgan fingerprint density at radius 1 is 0.592 bits per heavy atom. The van der Waals surface area contributed by atoms with Gasteiger partial charge in [-0.25, -0.2) is 4.79 Å². The van der Waals surface area contributed by atoms with Gasteiger partial charge >= 0.3 is 29.8 Å². The number of aliphatic carboxylic acids is 5.